The Labute approximate surface area is 147 Å². The molecule has 2 aliphatic carbocycles. The van der Waals surface area contributed by atoms with Gasteiger partial charge in [-0.1, -0.05) is 26.0 Å². The van der Waals surface area contributed by atoms with E-state index in [-0.39, 0.29) is 35.4 Å². The molecule has 0 aromatic heterocycles. The highest BCUT2D eigenvalue weighted by Crippen LogP contribution is 2.60. The first-order valence-corrected chi connectivity index (χ1v) is 9.20. The molecule has 1 unspecified atom stereocenters. The highest BCUT2D eigenvalue weighted by Gasteiger charge is 2.62. The van der Waals surface area contributed by atoms with Crippen molar-refractivity contribution in [2.24, 2.45) is 17.3 Å². The van der Waals surface area contributed by atoms with E-state index in [9.17, 15) is 9.59 Å². The minimum Gasteiger partial charge on any atom is -0.457 e. The van der Waals surface area contributed by atoms with Crippen LogP contribution in [0, 0.1) is 28.6 Å². The van der Waals surface area contributed by atoms with E-state index in [2.05, 4.69) is 12.6 Å². The predicted octanol–water partition coefficient (Wildman–Crippen LogP) is 3.81. The molecule has 0 amide bonds. The first-order valence-electron chi connectivity index (χ1n) is 7.98. The summed E-state index contributed by atoms with van der Waals surface area (Å²) in [7, 11) is 0. The third-order valence-electron chi connectivity index (χ3n) is 5.10. The van der Waals surface area contributed by atoms with Crippen LogP contribution in [0.4, 0.5) is 0 Å². The van der Waals surface area contributed by atoms with Crippen LogP contribution in [0.3, 0.4) is 0 Å². The maximum absolute atomic E-state index is 12.6. The Morgan fingerprint density at radius 3 is 2.75 bits per heavy atom. The minimum absolute atomic E-state index is 0.00105. The van der Waals surface area contributed by atoms with Crippen LogP contribution in [-0.2, 0) is 14.3 Å². The van der Waals surface area contributed by atoms with Gasteiger partial charge >= 0.3 is 5.97 Å². The molecule has 1 saturated carbocycles. The number of ether oxygens (including phenoxy) is 1. The van der Waals surface area contributed by atoms with E-state index in [0.717, 1.165) is 5.57 Å². The molecule has 0 bridgehead atoms. The van der Waals surface area contributed by atoms with Crippen molar-refractivity contribution >= 4 is 23.5 Å². The van der Waals surface area contributed by atoms with E-state index < -0.39 is 6.10 Å². The summed E-state index contributed by atoms with van der Waals surface area (Å²) in [6.07, 6.45) is 5.68. The largest absolute Gasteiger partial charge is 0.457 e. The van der Waals surface area contributed by atoms with Crippen molar-refractivity contribution in [1.29, 1.82) is 5.26 Å². The maximum Gasteiger partial charge on any atom is 0.310 e. The van der Waals surface area contributed by atoms with Gasteiger partial charge in [-0.25, -0.2) is 0 Å². The summed E-state index contributed by atoms with van der Waals surface area (Å²) in [5.74, 6) is -0.511. The van der Waals surface area contributed by atoms with Gasteiger partial charge < -0.3 is 4.74 Å². The Morgan fingerprint density at radius 1 is 1.54 bits per heavy atom. The molecule has 0 aliphatic heterocycles. The lowest BCUT2D eigenvalue weighted by molar-refractivity contribution is -0.150. The Morgan fingerprint density at radius 2 is 2.21 bits per heavy atom. The van der Waals surface area contributed by atoms with Crippen LogP contribution >= 0.6 is 11.8 Å². The third-order valence-corrected chi connectivity index (χ3v) is 5.77. The lowest BCUT2D eigenvalue weighted by atomic mass is 10.1. The average molecular weight is 345 g/mol. The molecule has 3 atom stereocenters. The van der Waals surface area contributed by atoms with E-state index in [4.69, 9.17) is 10.00 Å². The molecule has 5 heteroatoms. The van der Waals surface area contributed by atoms with Crippen LogP contribution in [0.25, 0.3) is 0 Å². The maximum atomic E-state index is 12.6. The van der Waals surface area contributed by atoms with Crippen molar-refractivity contribution in [2.75, 3.05) is 6.26 Å². The molecule has 0 saturated heterocycles. The van der Waals surface area contributed by atoms with Gasteiger partial charge in [-0.15, -0.1) is 18.3 Å². The highest BCUT2D eigenvalue weighted by molar-refractivity contribution is 8.02. The second-order valence-corrected chi connectivity index (χ2v) is 7.73. The molecule has 0 heterocycles. The van der Waals surface area contributed by atoms with E-state index in [1.165, 1.54) is 11.8 Å². The molecule has 128 valence electrons. The third kappa shape index (κ3) is 3.34. The molecule has 24 heavy (non-hydrogen) atoms. The van der Waals surface area contributed by atoms with Crippen LogP contribution in [-0.4, -0.2) is 24.1 Å². The van der Waals surface area contributed by atoms with Crippen LogP contribution in [0.2, 0.25) is 0 Å². The summed E-state index contributed by atoms with van der Waals surface area (Å²) in [5.41, 5.74) is 1.32. The number of rotatable bonds is 6. The topological polar surface area (TPSA) is 67.2 Å². The zero-order chi connectivity index (χ0) is 18.1. The summed E-state index contributed by atoms with van der Waals surface area (Å²) in [6, 6.07) is 2.14. The second-order valence-electron chi connectivity index (χ2n) is 6.88. The number of thioether (sulfide) groups is 1. The molecule has 0 radical (unpaired) electrons. The van der Waals surface area contributed by atoms with Crippen LogP contribution in [0.1, 0.15) is 33.6 Å². The number of ketones is 1. The summed E-state index contributed by atoms with van der Waals surface area (Å²) in [4.78, 5) is 25.2. The van der Waals surface area contributed by atoms with Gasteiger partial charge in [-0.05, 0) is 36.5 Å². The van der Waals surface area contributed by atoms with E-state index in [1.807, 2.05) is 33.1 Å². The van der Waals surface area contributed by atoms with Gasteiger partial charge in [0.15, 0.2) is 5.78 Å². The Kier molecular flexibility index (Phi) is 5.39. The summed E-state index contributed by atoms with van der Waals surface area (Å²) < 4.78 is 5.64. The fourth-order valence-electron chi connectivity index (χ4n) is 3.37. The molecule has 0 aromatic rings. The normalized spacial score (nSPS) is 28.5. The molecule has 1 fully saturated rings. The number of nitriles is 1. The van der Waals surface area contributed by atoms with Gasteiger partial charge in [0, 0.05) is 5.57 Å². The van der Waals surface area contributed by atoms with E-state index >= 15 is 0 Å². The number of nitrogens with zero attached hydrogens (tertiary/aromatic N) is 1. The molecule has 2 rings (SSSR count). The van der Waals surface area contributed by atoms with Gasteiger partial charge in [-0.2, -0.15) is 5.26 Å². The van der Waals surface area contributed by atoms with Gasteiger partial charge in [0.1, 0.15) is 12.2 Å². The van der Waals surface area contributed by atoms with Crippen molar-refractivity contribution in [1.82, 2.24) is 0 Å². The molecule has 4 nitrogen and oxygen atoms in total. The Bertz CT molecular complexity index is 681. The first-order chi connectivity index (χ1) is 11.3. The average Bonchev–Trinajstić information content (AvgIpc) is 2.98. The lowest BCUT2D eigenvalue weighted by Crippen LogP contribution is -2.20. The number of carbonyl (C=O) groups excluding carboxylic acids is 2. The number of allylic oxidation sites excluding steroid dienone is 4. The number of hydrogen-bond donors (Lipinski definition) is 0. The van der Waals surface area contributed by atoms with Gasteiger partial charge in [0.2, 0.25) is 0 Å². The van der Waals surface area contributed by atoms with Gasteiger partial charge in [-0.3, -0.25) is 9.59 Å². The Hall–Kier alpha value is -1.80. The highest BCUT2D eigenvalue weighted by atomic mass is 32.2. The summed E-state index contributed by atoms with van der Waals surface area (Å²) >= 11 is 1.38. The van der Waals surface area contributed by atoms with Crippen LogP contribution in [0.15, 0.2) is 34.8 Å². The fraction of sp³-hybridized carbons (Fsp3) is 0.526. The molecular weight excluding hydrogens is 322 g/mol. The predicted molar refractivity (Wildman–Crippen MR) is 95.0 cm³/mol. The fourth-order valence-corrected chi connectivity index (χ4v) is 3.75. The minimum atomic E-state index is -0.461. The number of hydrogen-bond acceptors (Lipinski definition) is 5. The van der Waals surface area contributed by atoms with Gasteiger partial charge in [0.05, 0.1) is 17.2 Å². The molecule has 0 N–H and O–H groups in total. The van der Waals surface area contributed by atoms with E-state index in [1.54, 1.807) is 6.08 Å². The quantitative estimate of drug-likeness (QED) is 0.416. The first kappa shape index (κ1) is 18.5. The van der Waals surface area contributed by atoms with Crippen molar-refractivity contribution in [3.05, 3.63) is 34.8 Å². The Balaban J connectivity index is 2.09. The number of esters is 1. The summed E-state index contributed by atoms with van der Waals surface area (Å²) in [5, 5.41) is 9.06. The van der Waals surface area contributed by atoms with Crippen molar-refractivity contribution < 1.29 is 14.3 Å². The second kappa shape index (κ2) is 6.98. The summed E-state index contributed by atoms with van der Waals surface area (Å²) in [6.45, 7) is 9.51. The standard InChI is InChI=1S/C19H23NO3S/c1-6-7-13-11(2)16(9-15(13)21)23-18(22)17-14(19(17,3)4)8-12(10-20)24-5/h6,8,14,16-17H,1,7,9H2,2-5H3/t14-,16?,17+/m1/s1. The smallest absolute Gasteiger partial charge is 0.310 e. The van der Waals surface area contributed by atoms with Crippen LogP contribution in [0.5, 0.6) is 0 Å². The van der Waals surface area contributed by atoms with Gasteiger partial charge in [0.25, 0.3) is 0 Å². The number of carbonyl (C=O) groups is 2. The van der Waals surface area contributed by atoms with Crippen molar-refractivity contribution in [3.63, 3.8) is 0 Å². The molecule has 0 spiro atoms. The van der Waals surface area contributed by atoms with Crippen molar-refractivity contribution in [2.45, 2.75) is 39.7 Å². The molecule has 2 aliphatic rings. The van der Waals surface area contributed by atoms with Crippen LogP contribution < -0.4 is 0 Å². The monoisotopic (exact) mass is 345 g/mol. The SMILES string of the molecule is C=CCC1=C(C)C(OC(=O)[C@@H]2[C@@H](C=C(C#N)SC)C2(C)C)CC1=O. The zero-order valence-electron chi connectivity index (χ0n) is 14.6. The number of Topliss-reactive ketones (excluding diaryl/α,β-unsaturated/α-hetero) is 1. The zero-order valence-corrected chi connectivity index (χ0v) is 15.4. The lowest BCUT2D eigenvalue weighted by Gasteiger charge is -2.13. The van der Waals surface area contributed by atoms with E-state index in [0.29, 0.717) is 16.9 Å². The molecular formula is C19H23NO3S. The molecule has 0 aromatic carbocycles. The van der Waals surface area contributed by atoms with Crippen molar-refractivity contribution in [3.8, 4) is 6.07 Å².